The maximum Gasteiger partial charge on any atom is 0.270 e. The molecule has 0 unspecified atom stereocenters. The number of fused-ring (bicyclic) bond motifs is 2. The zero-order valence-electron chi connectivity index (χ0n) is 20.1. The number of thioether (sulfide) groups is 1. The lowest BCUT2D eigenvalue weighted by atomic mass is 10.1. The van der Waals surface area contributed by atoms with E-state index in [4.69, 9.17) is 21.7 Å². The summed E-state index contributed by atoms with van der Waals surface area (Å²) >= 11 is 10.2. The largest absolute Gasteiger partial charge is 0.454 e. The second-order valence-electron chi connectivity index (χ2n) is 8.71. The molecule has 0 atom stereocenters. The van der Waals surface area contributed by atoms with Gasteiger partial charge in [0.25, 0.3) is 5.91 Å². The van der Waals surface area contributed by atoms with E-state index >= 15 is 0 Å². The van der Waals surface area contributed by atoms with Crippen molar-refractivity contribution in [3.8, 4) is 11.5 Å². The van der Waals surface area contributed by atoms with E-state index in [0.717, 1.165) is 32.3 Å². The second-order valence-corrected chi connectivity index (χ2v) is 11.3. The Hall–Kier alpha value is -3.60. The summed E-state index contributed by atoms with van der Waals surface area (Å²) in [6, 6.07) is 20.6. The molecule has 1 fully saturated rings. The average Bonchev–Trinajstić information content (AvgIpc) is 3.56. The summed E-state index contributed by atoms with van der Waals surface area (Å²) in [5.74, 6) is 0.915. The summed E-state index contributed by atoms with van der Waals surface area (Å²) in [4.78, 5) is 28.5. The number of nitrogens with one attached hydrogen (secondary N) is 1. The number of anilines is 2. The molecule has 1 aromatic heterocycles. The number of para-hydroxylation sites is 1. The summed E-state index contributed by atoms with van der Waals surface area (Å²) in [5, 5.41) is 3.89. The zero-order valence-corrected chi connectivity index (χ0v) is 23.3. The number of halogens is 1. The Morgan fingerprint density at radius 1 is 1.11 bits per heavy atom. The maximum absolute atomic E-state index is 13.4. The summed E-state index contributed by atoms with van der Waals surface area (Å²) in [5.41, 5.74) is 4.01. The molecule has 2 aliphatic heterocycles. The van der Waals surface area contributed by atoms with Crippen molar-refractivity contribution in [2.75, 3.05) is 17.0 Å². The number of carbonyl (C=O) groups is 2. The molecule has 3 aromatic carbocycles. The third-order valence-electron chi connectivity index (χ3n) is 6.39. The van der Waals surface area contributed by atoms with Crippen molar-refractivity contribution in [3.05, 3.63) is 87.4 Å². The minimum Gasteiger partial charge on any atom is -0.454 e. The van der Waals surface area contributed by atoms with Crippen LogP contribution < -0.4 is 19.7 Å². The molecule has 0 radical (unpaired) electrons. The third kappa shape index (κ3) is 4.48. The minimum absolute atomic E-state index is 0.106. The van der Waals surface area contributed by atoms with Crippen LogP contribution in [-0.4, -0.2) is 27.5 Å². The Labute approximate surface area is 236 Å². The van der Waals surface area contributed by atoms with Gasteiger partial charge in [-0.25, -0.2) is 0 Å². The molecule has 2 aliphatic rings. The smallest absolute Gasteiger partial charge is 0.270 e. The van der Waals surface area contributed by atoms with E-state index in [9.17, 15) is 9.59 Å². The molecule has 3 heterocycles. The van der Waals surface area contributed by atoms with Crippen LogP contribution in [0.1, 0.15) is 11.3 Å². The fourth-order valence-electron chi connectivity index (χ4n) is 4.57. The van der Waals surface area contributed by atoms with Gasteiger partial charge in [0.2, 0.25) is 12.7 Å². The molecule has 10 heteroatoms. The van der Waals surface area contributed by atoms with Crippen LogP contribution >= 0.6 is 39.9 Å². The quantitative estimate of drug-likeness (QED) is 0.207. The lowest BCUT2D eigenvalue weighted by molar-refractivity contribution is -0.116. The van der Waals surface area contributed by atoms with Crippen LogP contribution in [0.4, 0.5) is 11.4 Å². The normalized spacial score (nSPS) is 15.6. The van der Waals surface area contributed by atoms with Crippen LogP contribution in [0.25, 0.3) is 17.0 Å². The fraction of sp³-hybridized carbons (Fsp3) is 0.107. The summed E-state index contributed by atoms with van der Waals surface area (Å²) in [6.07, 6.45) is 1.88. The number of hydrogen-bond donors (Lipinski definition) is 1. The topological polar surface area (TPSA) is 72.8 Å². The molecule has 6 rings (SSSR count). The number of nitrogens with zero attached hydrogens (tertiary/aromatic N) is 2. The van der Waals surface area contributed by atoms with Crippen molar-refractivity contribution in [2.45, 2.75) is 13.5 Å². The van der Waals surface area contributed by atoms with E-state index in [1.807, 2.05) is 66.1 Å². The van der Waals surface area contributed by atoms with Gasteiger partial charge in [-0.05, 0) is 55.5 Å². The predicted octanol–water partition coefficient (Wildman–Crippen LogP) is 6.49. The number of carbonyl (C=O) groups excluding carboxylic acids is 2. The predicted molar refractivity (Wildman–Crippen MR) is 158 cm³/mol. The number of ether oxygens (including phenoxy) is 2. The van der Waals surface area contributed by atoms with Gasteiger partial charge in [0.05, 0.1) is 10.6 Å². The van der Waals surface area contributed by atoms with Crippen molar-refractivity contribution in [2.24, 2.45) is 0 Å². The van der Waals surface area contributed by atoms with Gasteiger partial charge in [0.1, 0.15) is 6.54 Å². The minimum atomic E-state index is -0.180. The molecule has 2 amide bonds. The van der Waals surface area contributed by atoms with E-state index < -0.39 is 0 Å². The van der Waals surface area contributed by atoms with Gasteiger partial charge >= 0.3 is 0 Å². The standard InChI is InChI=1S/C28H20BrN3O4S2/c1-16-21(13-25-27(34)32(28(37)38-25)19-9-6-17(29)7-10-19)20-4-2-3-5-22(20)31(16)14-26(33)30-18-8-11-23-24(12-18)36-15-35-23/h2-13H,14-15H2,1H3,(H,30,33)/b25-13-. The van der Waals surface area contributed by atoms with Crippen molar-refractivity contribution in [1.29, 1.82) is 0 Å². The zero-order chi connectivity index (χ0) is 26.4. The maximum atomic E-state index is 13.4. The molecule has 0 saturated carbocycles. The van der Waals surface area contributed by atoms with E-state index in [1.54, 1.807) is 23.1 Å². The molecule has 190 valence electrons. The molecule has 4 aromatic rings. The lowest BCUT2D eigenvalue weighted by Gasteiger charge is -2.14. The van der Waals surface area contributed by atoms with Crippen LogP contribution in [0.15, 0.2) is 76.1 Å². The second kappa shape index (κ2) is 9.94. The van der Waals surface area contributed by atoms with Crippen molar-refractivity contribution in [3.63, 3.8) is 0 Å². The summed E-state index contributed by atoms with van der Waals surface area (Å²) in [7, 11) is 0. The fourth-order valence-corrected chi connectivity index (χ4v) is 6.12. The molecule has 1 saturated heterocycles. The molecule has 0 bridgehead atoms. The number of hydrogen-bond acceptors (Lipinski definition) is 6. The van der Waals surface area contributed by atoms with Gasteiger partial charge in [0.15, 0.2) is 15.8 Å². The molecule has 0 spiro atoms. The Balaban J connectivity index is 1.30. The van der Waals surface area contributed by atoms with E-state index in [2.05, 4.69) is 21.2 Å². The van der Waals surface area contributed by atoms with E-state index in [0.29, 0.717) is 26.4 Å². The highest BCUT2D eigenvalue weighted by Gasteiger charge is 2.33. The van der Waals surface area contributed by atoms with Gasteiger partial charge < -0.3 is 19.4 Å². The average molecular weight is 607 g/mol. The van der Waals surface area contributed by atoms with E-state index in [-0.39, 0.29) is 25.2 Å². The van der Waals surface area contributed by atoms with Gasteiger partial charge in [-0.1, -0.05) is 58.1 Å². The van der Waals surface area contributed by atoms with Crippen LogP contribution in [0.2, 0.25) is 0 Å². The van der Waals surface area contributed by atoms with Gasteiger partial charge in [0, 0.05) is 38.4 Å². The van der Waals surface area contributed by atoms with Gasteiger partial charge in [-0.3, -0.25) is 14.5 Å². The number of thiocarbonyl (C=S) groups is 1. The molecule has 1 N–H and O–H groups in total. The molecular formula is C28H20BrN3O4S2. The molecule has 0 aliphatic carbocycles. The Bertz CT molecular complexity index is 1660. The first kappa shape index (κ1) is 24.7. The highest BCUT2D eigenvalue weighted by Crippen LogP contribution is 2.38. The summed E-state index contributed by atoms with van der Waals surface area (Å²) < 4.78 is 14.1. The van der Waals surface area contributed by atoms with E-state index in [1.165, 1.54) is 11.8 Å². The first-order valence-electron chi connectivity index (χ1n) is 11.7. The van der Waals surface area contributed by atoms with Crippen LogP contribution in [0.5, 0.6) is 11.5 Å². The molecule has 38 heavy (non-hydrogen) atoms. The number of rotatable bonds is 5. The van der Waals surface area contributed by atoms with Crippen molar-refractivity contribution < 1.29 is 19.1 Å². The molecule has 7 nitrogen and oxygen atoms in total. The Morgan fingerprint density at radius 2 is 1.87 bits per heavy atom. The van der Waals surface area contributed by atoms with Crippen molar-refractivity contribution in [1.82, 2.24) is 4.57 Å². The number of amides is 2. The van der Waals surface area contributed by atoms with Crippen LogP contribution in [0.3, 0.4) is 0 Å². The SMILES string of the molecule is Cc1c(/C=C2\SC(=S)N(c3ccc(Br)cc3)C2=O)c2ccccc2n1CC(=O)Nc1ccc2c(c1)OCO2. The molecular weight excluding hydrogens is 586 g/mol. The highest BCUT2D eigenvalue weighted by atomic mass is 79.9. The number of aromatic nitrogens is 1. The first-order chi connectivity index (χ1) is 18.4. The Morgan fingerprint density at radius 3 is 2.68 bits per heavy atom. The summed E-state index contributed by atoms with van der Waals surface area (Å²) in [6.45, 7) is 2.23. The Kier molecular flexibility index (Phi) is 6.46. The van der Waals surface area contributed by atoms with Crippen LogP contribution in [0, 0.1) is 6.92 Å². The van der Waals surface area contributed by atoms with Crippen molar-refractivity contribution >= 4 is 84.4 Å². The first-order valence-corrected chi connectivity index (χ1v) is 13.7. The monoisotopic (exact) mass is 605 g/mol. The third-order valence-corrected chi connectivity index (χ3v) is 8.22. The van der Waals surface area contributed by atoms with Gasteiger partial charge in [-0.2, -0.15) is 0 Å². The van der Waals surface area contributed by atoms with Gasteiger partial charge in [-0.15, -0.1) is 0 Å². The lowest BCUT2D eigenvalue weighted by Crippen LogP contribution is -2.27. The highest BCUT2D eigenvalue weighted by molar-refractivity contribution is 9.10. The number of benzene rings is 3. The van der Waals surface area contributed by atoms with Crippen LogP contribution in [-0.2, 0) is 16.1 Å².